The molecule has 5 heteroatoms. The molecular formula is C12H14N2O2S. The summed E-state index contributed by atoms with van der Waals surface area (Å²) >= 11 is 1.37. The summed E-state index contributed by atoms with van der Waals surface area (Å²) in [6.07, 6.45) is 0. The van der Waals surface area contributed by atoms with E-state index in [1.54, 1.807) is 6.92 Å². The molecule has 90 valence electrons. The molecule has 2 N–H and O–H groups in total. The Morgan fingerprint density at radius 1 is 1.41 bits per heavy atom. The molecule has 0 amide bonds. The van der Waals surface area contributed by atoms with Crippen LogP contribution in [0, 0.1) is 5.92 Å². The van der Waals surface area contributed by atoms with Crippen molar-refractivity contribution in [3.8, 4) is 0 Å². The highest BCUT2D eigenvalue weighted by atomic mass is 32.1. The fraction of sp³-hybridized carbons (Fsp3) is 0.333. The largest absolute Gasteiger partial charge is 0.481 e. The molecule has 0 aliphatic rings. The second kappa shape index (κ2) is 4.71. The lowest BCUT2D eigenvalue weighted by Gasteiger charge is -2.17. The number of hydrogen-bond acceptors (Lipinski definition) is 4. The summed E-state index contributed by atoms with van der Waals surface area (Å²) in [6.45, 7) is 3.57. The van der Waals surface area contributed by atoms with Gasteiger partial charge in [0.2, 0.25) is 0 Å². The maximum Gasteiger partial charge on any atom is 0.308 e. The van der Waals surface area contributed by atoms with Gasteiger partial charge >= 0.3 is 5.97 Å². The van der Waals surface area contributed by atoms with Crippen LogP contribution in [0.25, 0.3) is 10.9 Å². The van der Waals surface area contributed by atoms with E-state index in [-0.39, 0.29) is 6.04 Å². The Bertz CT molecular complexity index is 538. The van der Waals surface area contributed by atoms with Gasteiger partial charge in [-0.2, -0.15) is 4.37 Å². The third kappa shape index (κ3) is 2.39. The molecule has 0 bridgehead atoms. The molecule has 1 heterocycles. The van der Waals surface area contributed by atoms with E-state index in [0.29, 0.717) is 0 Å². The van der Waals surface area contributed by atoms with Crippen LogP contribution in [-0.2, 0) is 4.79 Å². The molecule has 0 aliphatic heterocycles. The molecule has 0 saturated carbocycles. The molecule has 2 rings (SSSR count). The first-order chi connectivity index (χ1) is 8.09. The van der Waals surface area contributed by atoms with E-state index in [0.717, 1.165) is 15.9 Å². The maximum atomic E-state index is 10.9. The van der Waals surface area contributed by atoms with E-state index in [2.05, 4.69) is 9.69 Å². The Hall–Kier alpha value is -1.62. The number of aromatic nitrogens is 1. The molecule has 0 radical (unpaired) electrons. The van der Waals surface area contributed by atoms with Crippen LogP contribution in [0.2, 0.25) is 0 Å². The van der Waals surface area contributed by atoms with Crippen LogP contribution in [0.3, 0.4) is 0 Å². The van der Waals surface area contributed by atoms with Gasteiger partial charge in [0.1, 0.15) is 5.00 Å². The number of nitrogens with zero attached hydrogens (tertiary/aromatic N) is 1. The third-order valence-corrected chi connectivity index (χ3v) is 3.69. The van der Waals surface area contributed by atoms with Gasteiger partial charge in [-0.3, -0.25) is 4.79 Å². The van der Waals surface area contributed by atoms with Crippen molar-refractivity contribution in [2.24, 2.45) is 5.92 Å². The molecule has 0 saturated heterocycles. The number of aliphatic carboxylic acids is 1. The summed E-state index contributed by atoms with van der Waals surface area (Å²) in [6, 6.07) is 7.70. The summed E-state index contributed by atoms with van der Waals surface area (Å²) in [4.78, 5) is 10.9. The molecule has 0 aliphatic carbocycles. The van der Waals surface area contributed by atoms with Crippen LogP contribution < -0.4 is 5.32 Å². The van der Waals surface area contributed by atoms with Gasteiger partial charge in [0.15, 0.2) is 0 Å². The molecular weight excluding hydrogens is 236 g/mol. The Balaban J connectivity index is 2.21. The molecule has 4 nitrogen and oxygen atoms in total. The molecule has 1 aromatic carbocycles. The standard InChI is InChI=1S/C12H14N2O2S/c1-7(12(15)16)8(2)13-11-9-5-3-4-6-10(9)14-17-11/h3-8,13H,1-2H3,(H,15,16). The summed E-state index contributed by atoms with van der Waals surface area (Å²) in [5.74, 6) is -1.23. The van der Waals surface area contributed by atoms with Crippen LogP contribution in [0.1, 0.15) is 13.8 Å². The van der Waals surface area contributed by atoms with E-state index >= 15 is 0 Å². The lowest BCUT2D eigenvalue weighted by molar-refractivity contribution is -0.141. The zero-order valence-corrected chi connectivity index (χ0v) is 10.5. The quantitative estimate of drug-likeness (QED) is 0.876. The van der Waals surface area contributed by atoms with Gasteiger partial charge in [0, 0.05) is 11.4 Å². The lowest BCUT2D eigenvalue weighted by atomic mass is 10.0. The van der Waals surface area contributed by atoms with Crippen molar-refractivity contribution in [3.63, 3.8) is 0 Å². The van der Waals surface area contributed by atoms with E-state index < -0.39 is 11.9 Å². The van der Waals surface area contributed by atoms with Crippen molar-refractivity contribution >= 4 is 33.4 Å². The molecule has 0 fully saturated rings. The van der Waals surface area contributed by atoms with Gasteiger partial charge in [-0.1, -0.05) is 12.1 Å². The number of benzene rings is 1. The first-order valence-electron chi connectivity index (χ1n) is 5.43. The molecule has 2 unspecified atom stereocenters. The van der Waals surface area contributed by atoms with Gasteiger partial charge in [0.05, 0.1) is 11.4 Å². The van der Waals surface area contributed by atoms with Crippen LogP contribution in [0.4, 0.5) is 5.00 Å². The van der Waals surface area contributed by atoms with Crippen molar-refractivity contribution in [2.75, 3.05) is 5.32 Å². The highest BCUT2D eigenvalue weighted by molar-refractivity contribution is 7.11. The zero-order chi connectivity index (χ0) is 12.4. The summed E-state index contributed by atoms with van der Waals surface area (Å²) in [7, 11) is 0. The van der Waals surface area contributed by atoms with E-state index in [4.69, 9.17) is 5.11 Å². The van der Waals surface area contributed by atoms with Gasteiger partial charge < -0.3 is 10.4 Å². The Labute approximate surface area is 103 Å². The predicted molar refractivity (Wildman–Crippen MR) is 69.5 cm³/mol. The Kier molecular flexibility index (Phi) is 3.28. The SMILES string of the molecule is CC(Nc1snc2ccccc12)C(C)C(=O)O. The first-order valence-corrected chi connectivity index (χ1v) is 6.20. The average Bonchev–Trinajstić information content (AvgIpc) is 2.71. The number of rotatable bonds is 4. The van der Waals surface area contributed by atoms with Crippen molar-refractivity contribution in [1.82, 2.24) is 4.37 Å². The Morgan fingerprint density at radius 3 is 2.82 bits per heavy atom. The molecule has 0 spiro atoms. The first kappa shape index (κ1) is 11.9. The number of nitrogens with one attached hydrogen (secondary N) is 1. The van der Waals surface area contributed by atoms with Crippen molar-refractivity contribution in [1.29, 1.82) is 0 Å². The number of hydrogen-bond donors (Lipinski definition) is 2. The van der Waals surface area contributed by atoms with Crippen molar-refractivity contribution in [3.05, 3.63) is 24.3 Å². The number of carboxylic acid groups (broad SMARTS) is 1. The minimum atomic E-state index is -0.793. The minimum absolute atomic E-state index is 0.128. The van der Waals surface area contributed by atoms with Gasteiger partial charge in [-0.15, -0.1) is 0 Å². The fourth-order valence-corrected chi connectivity index (χ4v) is 2.40. The van der Waals surface area contributed by atoms with Gasteiger partial charge in [0.25, 0.3) is 0 Å². The predicted octanol–water partition coefficient (Wildman–Crippen LogP) is 2.82. The molecule has 17 heavy (non-hydrogen) atoms. The second-order valence-electron chi connectivity index (χ2n) is 4.09. The third-order valence-electron chi connectivity index (χ3n) is 2.88. The normalized spacial score (nSPS) is 14.5. The van der Waals surface area contributed by atoms with Crippen molar-refractivity contribution in [2.45, 2.75) is 19.9 Å². The van der Waals surface area contributed by atoms with Gasteiger partial charge in [-0.05, 0) is 37.5 Å². The van der Waals surface area contributed by atoms with Gasteiger partial charge in [-0.25, -0.2) is 0 Å². The van der Waals surface area contributed by atoms with Crippen LogP contribution in [0.5, 0.6) is 0 Å². The molecule has 1 aromatic heterocycles. The number of carbonyl (C=O) groups is 1. The van der Waals surface area contributed by atoms with Crippen LogP contribution in [0.15, 0.2) is 24.3 Å². The second-order valence-corrected chi connectivity index (χ2v) is 4.86. The number of anilines is 1. The summed E-state index contributed by atoms with van der Waals surface area (Å²) < 4.78 is 4.31. The zero-order valence-electron chi connectivity index (χ0n) is 9.68. The summed E-state index contributed by atoms with van der Waals surface area (Å²) in [5, 5.41) is 14.1. The number of carboxylic acids is 1. The van der Waals surface area contributed by atoms with Crippen molar-refractivity contribution < 1.29 is 9.90 Å². The van der Waals surface area contributed by atoms with E-state index in [9.17, 15) is 4.79 Å². The van der Waals surface area contributed by atoms with Crippen LogP contribution >= 0.6 is 11.5 Å². The average molecular weight is 250 g/mol. The molecule has 2 atom stereocenters. The lowest BCUT2D eigenvalue weighted by Crippen LogP contribution is -2.29. The highest BCUT2D eigenvalue weighted by Crippen LogP contribution is 2.28. The highest BCUT2D eigenvalue weighted by Gasteiger charge is 2.20. The smallest absolute Gasteiger partial charge is 0.308 e. The fourth-order valence-electron chi connectivity index (χ4n) is 1.54. The van der Waals surface area contributed by atoms with E-state index in [1.807, 2.05) is 31.2 Å². The summed E-state index contributed by atoms with van der Waals surface area (Å²) in [5.41, 5.74) is 0.940. The van der Waals surface area contributed by atoms with Crippen LogP contribution in [-0.4, -0.2) is 21.5 Å². The molecule has 2 aromatic rings. The maximum absolute atomic E-state index is 10.9. The van der Waals surface area contributed by atoms with E-state index in [1.165, 1.54) is 11.5 Å². The monoisotopic (exact) mass is 250 g/mol. The topological polar surface area (TPSA) is 62.2 Å². The minimum Gasteiger partial charge on any atom is -0.481 e. The Morgan fingerprint density at radius 2 is 2.12 bits per heavy atom. The number of fused-ring (bicyclic) bond motifs is 1.